The van der Waals surface area contributed by atoms with E-state index < -0.39 is 5.92 Å². The second-order valence-corrected chi connectivity index (χ2v) is 11.8. The molecule has 4 nitrogen and oxygen atoms in total. The van der Waals surface area contributed by atoms with Crippen LogP contribution in [0.2, 0.25) is 0 Å². The standard InChI is InChI=1S/C28H36N2O2/c1-27-15-6-9-22(27)20-12-13-24-28(2,23(20)14-16-27)17-21(26(32)30(24)19-10-11-19)25(31)29-18-7-4-3-5-8-18/h3-5,7-8,13,19-23H,6,9-12,14-17H2,1-2H3,(H,29,31)/t20-,21?,22-,23+,27-,28+/m0/s1. The molecule has 4 heteroatoms. The van der Waals surface area contributed by atoms with Gasteiger partial charge in [-0.2, -0.15) is 0 Å². The van der Waals surface area contributed by atoms with Crippen molar-refractivity contribution in [3.05, 3.63) is 42.1 Å². The minimum absolute atomic E-state index is 0.0321. The topological polar surface area (TPSA) is 49.4 Å². The molecular formula is C28H36N2O2. The third-order valence-electron chi connectivity index (χ3n) is 9.90. The average molecular weight is 433 g/mol. The summed E-state index contributed by atoms with van der Waals surface area (Å²) in [4.78, 5) is 29.1. The van der Waals surface area contributed by atoms with Crippen LogP contribution in [0.3, 0.4) is 0 Å². The van der Waals surface area contributed by atoms with E-state index in [-0.39, 0.29) is 17.2 Å². The van der Waals surface area contributed by atoms with Crippen molar-refractivity contribution in [2.24, 2.45) is 34.5 Å². The Kier molecular flexibility index (Phi) is 4.61. The number of amides is 2. The first kappa shape index (κ1) is 20.5. The first-order valence-electron chi connectivity index (χ1n) is 12.8. The van der Waals surface area contributed by atoms with Crippen LogP contribution < -0.4 is 5.32 Å². The van der Waals surface area contributed by atoms with Crippen molar-refractivity contribution in [2.45, 2.75) is 77.7 Å². The Labute approximate surface area is 191 Å². The zero-order chi connectivity index (χ0) is 22.1. The molecule has 4 fully saturated rings. The third kappa shape index (κ3) is 3.01. The Morgan fingerprint density at radius 1 is 1.03 bits per heavy atom. The Bertz CT molecular complexity index is 967. The Hall–Kier alpha value is -2.10. The van der Waals surface area contributed by atoms with E-state index in [2.05, 4.69) is 30.1 Å². The normalized spacial score (nSPS) is 40.8. The van der Waals surface area contributed by atoms with Gasteiger partial charge >= 0.3 is 0 Å². The van der Waals surface area contributed by atoms with E-state index in [0.717, 1.165) is 30.9 Å². The molecule has 6 rings (SSSR count). The van der Waals surface area contributed by atoms with Crippen molar-refractivity contribution < 1.29 is 9.59 Å². The van der Waals surface area contributed by atoms with E-state index >= 15 is 0 Å². The molecule has 1 aromatic rings. The highest BCUT2D eigenvalue weighted by atomic mass is 16.2. The highest BCUT2D eigenvalue weighted by Gasteiger charge is 2.60. The molecule has 0 aromatic heterocycles. The molecule has 170 valence electrons. The van der Waals surface area contributed by atoms with Gasteiger partial charge in [0.15, 0.2) is 0 Å². The summed E-state index contributed by atoms with van der Waals surface area (Å²) in [5, 5.41) is 3.04. The number of nitrogens with one attached hydrogen (secondary N) is 1. The van der Waals surface area contributed by atoms with Crippen molar-refractivity contribution in [3.63, 3.8) is 0 Å². The van der Waals surface area contributed by atoms with Crippen molar-refractivity contribution in [1.29, 1.82) is 0 Å². The summed E-state index contributed by atoms with van der Waals surface area (Å²) in [5.74, 6) is 1.41. The number of likely N-dealkylation sites (tertiary alicyclic amines) is 1. The van der Waals surface area contributed by atoms with Crippen LogP contribution in [0.5, 0.6) is 0 Å². The molecule has 1 saturated heterocycles. The molecule has 1 unspecified atom stereocenters. The number of nitrogens with zero attached hydrogens (tertiary/aromatic N) is 1. The van der Waals surface area contributed by atoms with Crippen LogP contribution in [0.4, 0.5) is 5.69 Å². The lowest BCUT2D eigenvalue weighted by Gasteiger charge is -2.59. The second kappa shape index (κ2) is 7.20. The molecule has 32 heavy (non-hydrogen) atoms. The van der Waals surface area contributed by atoms with E-state index in [1.54, 1.807) is 0 Å². The van der Waals surface area contributed by atoms with E-state index in [0.29, 0.717) is 29.7 Å². The number of allylic oxidation sites excluding steroid dienone is 2. The van der Waals surface area contributed by atoms with Gasteiger partial charge in [0.05, 0.1) is 0 Å². The van der Waals surface area contributed by atoms with Crippen LogP contribution in [-0.4, -0.2) is 22.8 Å². The molecule has 4 aliphatic carbocycles. The molecule has 0 radical (unpaired) electrons. The summed E-state index contributed by atoms with van der Waals surface area (Å²) in [6.07, 6.45) is 13.0. The molecular weight excluding hydrogens is 396 g/mol. The average Bonchev–Trinajstić information content (AvgIpc) is 3.53. The molecule has 0 spiro atoms. The minimum atomic E-state index is -0.589. The van der Waals surface area contributed by atoms with Gasteiger partial charge in [-0.3, -0.25) is 9.59 Å². The van der Waals surface area contributed by atoms with Gasteiger partial charge in [0.1, 0.15) is 5.92 Å². The number of piperidine rings is 1. The lowest BCUT2D eigenvalue weighted by atomic mass is 9.49. The monoisotopic (exact) mass is 432 g/mol. The highest BCUT2D eigenvalue weighted by molar-refractivity contribution is 6.07. The van der Waals surface area contributed by atoms with Gasteiger partial charge in [-0.1, -0.05) is 44.5 Å². The lowest BCUT2D eigenvalue weighted by molar-refractivity contribution is -0.149. The first-order valence-corrected chi connectivity index (χ1v) is 12.8. The summed E-state index contributed by atoms with van der Waals surface area (Å²) in [5.41, 5.74) is 2.46. The Morgan fingerprint density at radius 3 is 2.56 bits per heavy atom. The van der Waals surface area contributed by atoms with Gasteiger partial charge in [0.2, 0.25) is 11.8 Å². The zero-order valence-corrected chi connectivity index (χ0v) is 19.5. The van der Waals surface area contributed by atoms with Crippen LogP contribution in [-0.2, 0) is 9.59 Å². The van der Waals surface area contributed by atoms with Crippen molar-refractivity contribution in [1.82, 2.24) is 4.90 Å². The number of benzene rings is 1. The summed E-state index contributed by atoms with van der Waals surface area (Å²) in [6, 6.07) is 9.88. The fourth-order valence-electron chi connectivity index (χ4n) is 8.16. The fraction of sp³-hybridized carbons (Fsp3) is 0.643. The fourth-order valence-corrected chi connectivity index (χ4v) is 8.16. The van der Waals surface area contributed by atoms with Gasteiger partial charge < -0.3 is 10.2 Å². The summed E-state index contributed by atoms with van der Waals surface area (Å²) in [7, 11) is 0. The predicted octanol–water partition coefficient (Wildman–Crippen LogP) is 5.76. The van der Waals surface area contributed by atoms with Crippen LogP contribution in [0.15, 0.2) is 42.1 Å². The molecule has 2 amide bonds. The maximum absolute atomic E-state index is 13.7. The predicted molar refractivity (Wildman–Crippen MR) is 126 cm³/mol. The van der Waals surface area contributed by atoms with E-state index in [1.165, 1.54) is 37.8 Å². The Morgan fingerprint density at radius 2 is 1.81 bits per heavy atom. The van der Waals surface area contributed by atoms with Gasteiger partial charge in [0, 0.05) is 22.8 Å². The van der Waals surface area contributed by atoms with Crippen molar-refractivity contribution >= 4 is 17.5 Å². The van der Waals surface area contributed by atoms with E-state index in [1.807, 2.05) is 30.3 Å². The van der Waals surface area contributed by atoms with Crippen LogP contribution >= 0.6 is 0 Å². The maximum atomic E-state index is 13.7. The molecule has 3 saturated carbocycles. The molecule has 5 aliphatic rings. The highest BCUT2D eigenvalue weighted by Crippen LogP contribution is 2.65. The van der Waals surface area contributed by atoms with Crippen molar-refractivity contribution in [3.8, 4) is 0 Å². The number of hydrogen-bond acceptors (Lipinski definition) is 2. The van der Waals surface area contributed by atoms with Crippen molar-refractivity contribution in [2.75, 3.05) is 5.32 Å². The van der Waals surface area contributed by atoms with Gasteiger partial charge in [-0.25, -0.2) is 0 Å². The van der Waals surface area contributed by atoms with Gasteiger partial charge in [0.25, 0.3) is 0 Å². The quantitative estimate of drug-likeness (QED) is 0.617. The number of hydrogen-bond donors (Lipinski definition) is 1. The number of para-hydroxylation sites is 1. The SMILES string of the molecule is C[C@@]12CCC[C@H]1[C@@H]1CC=C3N(C4CC4)C(=O)C(C(=O)Nc4ccccc4)C[C@]3(C)[C@@H]1CC2. The summed E-state index contributed by atoms with van der Waals surface area (Å²) >= 11 is 0. The molecule has 0 bridgehead atoms. The number of fused-ring (bicyclic) bond motifs is 5. The Balaban J connectivity index is 1.35. The third-order valence-corrected chi connectivity index (χ3v) is 9.90. The maximum Gasteiger partial charge on any atom is 0.239 e. The second-order valence-electron chi connectivity index (χ2n) is 11.8. The van der Waals surface area contributed by atoms with Gasteiger partial charge in [-0.05, 0) is 86.7 Å². The zero-order valence-electron chi connectivity index (χ0n) is 19.5. The van der Waals surface area contributed by atoms with E-state index in [4.69, 9.17) is 0 Å². The number of rotatable bonds is 3. The smallest absolute Gasteiger partial charge is 0.239 e. The van der Waals surface area contributed by atoms with Crippen LogP contribution in [0.25, 0.3) is 0 Å². The number of carbonyl (C=O) groups is 2. The lowest BCUT2D eigenvalue weighted by Crippen LogP contribution is -2.58. The molecule has 1 aromatic carbocycles. The summed E-state index contributed by atoms with van der Waals surface area (Å²) < 4.78 is 0. The first-order chi connectivity index (χ1) is 15.4. The molecule has 1 N–H and O–H groups in total. The van der Waals surface area contributed by atoms with Crippen LogP contribution in [0, 0.1) is 34.5 Å². The van der Waals surface area contributed by atoms with Gasteiger partial charge in [-0.15, -0.1) is 0 Å². The number of carbonyl (C=O) groups excluding carboxylic acids is 2. The summed E-state index contributed by atoms with van der Waals surface area (Å²) in [6.45, 7) is 4.91. The largest absolute Gasteiger partial charge is 0.325 e. The van der Waals surface area contributed by atoms with E-state index in [9.17, 15) is 9.59 Å². The molecule has 1 heterocycles. The van der Waals surface area contributed by atoms with Crippen LogP contribution in [0.1, 0.15) is 71.6 Å². The minimum Gasteiger partial charge on any atom is -0.325 e. The molecule has 6 atom stereocenters. The number of anilines is 1. The molecule has 1 aliphatic heterocycles.